The Kier molecular flexibility index (Phi) is 6.42. The van der Waals surface area contributed by atoms with Gasteiger partial charge in [-0.2, -0.15) is 0 Å². The number of carbonyl (C=O) groups is 1. The minimum absolute atomic E-state index is 0.238. The molecule has 1 fully saturated rings. The number of rotatable bonds is 5. The van der Waals surface area contributed by atoms with Crippen molar-refractivity contribution < 1.29 is 19.7 Å². The van der Waals surface area contributed by atoms with E-state index in [1.54, 1.807) is 18.2 Å². The van der Waals surface area contributed by atoms with Gasteiger partial charge in [0.25, 0.3) is 0 Å². The van der Waals surface area contributed by atoms with E-state index in [1.807, 2.05) is 43.3 Å². The van der Waals surface area contributed by atoms with Gasteiger partial charge in [0.1, 0.15) is 5.75 Å². The first-order valence-corrected chi connectivity index (χ1v) is 10.8. The molecule has 31 heavy (non-hydrogen) atoms. The van der Waals surface area contributed by atoms with Crippen molar-refractivity contribution in [1.82, 2.24) is 0 Å². The number of aromatic hydroxyl groups is 1. The molecule has 0 aromatic heterocycles. The van der Waals surface area contributed by atoms with Crippen molar-refractivity contribution >= 4 is 17.6 Å². The van der Waals surface area contributed by atoms with Crippen LogP contribution >= 0.6 is 0 Å². The molecule has 4 nitrogen and oxygen atoms in total. The normalized spacial score (nSPS) is 18.0. The first kappa shape index (κ1) is 22.8. The quantitative estimate of drug-likeness (QED) is 0.546. The second-order valence-corrected chi connectivity index (χ2v) is 9.45. The van der Waals surface area contributed by atoms with Crippen LogP contribution in [0.1, 0.15) is 70.6 Å². The molecule has 0 aliphatic carbocycles. The fourth-order valence-corrected chi connectivity index (χ4v) is 4.55. The molecule has 2 N–H and O–H groups in total. The SMILES string of the molecule is CCC(=Cc1ccc(C(=C2CC(C)(C)OC(C)(C)C2)c2ccc(O)cc2)cc1)C(=O)O. The zero-order valence-electron chi connectivity index (χ0n) is 19.0. The highest BCUT2D eigenvalue weighted by atomic mass is 16.5. The van der Waals surface area contributed by atoms with Crippen molar-refractivity contribution in [2.45, 2.75) is 65.1 Å². The predicted octanol–water partition coefficient (Wildman–Crippen LogP) is 6.44. The van der Waals surface area contributed by atoms with Crippen molar-refractivity contribution in [2.24, 2.45) is 0 Å². The monoisotopic (exact) mass is 420 g/mol. The number of phenols is 1. The number of benzene rings is 2. The second kappa shape index (κ2) is 8.72. The standard InChI is InChI=1S/C27H32O4/c1-6-19(25(29)30)15-18-7-9-20(10-8-18)24(21-11-13-23(28)14-12-21)22-16-26(2,3)31-27(4,5)17-22/h7-15,28H,6,16-17H2,1-5H3,(H,29,30). The van der Waals surface area contributed by atoms with E-state index in [0.717, 1.165) is 35.1 Å². The molecule has 164 valence electrons. The molecule has 0 unspecified atom stereocenters. The lowest BCUT2D eigenvalue weighted by Gasteiger charge is -2.43. The van der Waals surface area contributed by atoms with Gasteiger partial charge in [-0.15, -0.1) is 0 Å². The van der Waals surface area contributed by atoms with Crippen LogP contribution in [-0.2, 0) is 9.53 Å². The lowest BCUT2D eigenvalue weighted by molar-refractivity contribution is -0.138. The average molecular weight is 421 g/mol. The Morgan fingerprint density at radius 2 is 1.42 bits per heavy atom. The van der Waals surface area contributed by atoms with Gasteiger partial charge in [0.15, 0.2) is 0 Å². The Morgan fingerprint density at radius 1 is 0.935 bits per heavy atom. The van der Waals surface area contributed by atoms with Crippen LogP contribution in [0.5, 0.6) is 5.75 Å². The van der Waals surface area contributed by atoms with E-state index >= 15 is 0 Å². The highest BCUT2D eigenvalue weighted by Crippen LogP contribution is 2.43. The zero-order chi connectivity index (χ0) is 22.8. The van der Waals surface area contributed by atoms with E-state index < -0.39 is 5.97 Å². The third-order valence-corrected chi connectivity index (χ3v) is 5.54. The van der Waals surface area contributed by atoms with Crippen molar-refractivity contribution in [3.05, 3.63) is 76.4 Å². The van der Waals surface area contributed by atoms with E-state index in [9.17, 15) is 15.0 Å². The van der Waals surface area contributed by atoms with Crippen LogP contribution in [0, 0.1) is 0 Å². The van der Waals surface area contributed by atoms with Crippen LogP contribution in [0.3, 0.4) is 0 Å². The number of hydrogen-bond donors (Lipinski definition) is 2. The van der Waals surface area contributed by atoms with E-state index in [0.29, 0.717) is 12.0 Å². The first-order valence-electron chi connectivity index (χ1n) is 10.8. The summed E-state index contributed by atoms with van der Waals surface area (Å²) in [7, 11) is 0. The summed E-state index contributed by atoms with van der Waals surface area (Å²) in [5, 5.41) is 19.1. The molecule has 0 amide bonds. The third-order valence-electron chi connectivity index (χ3n) is 5.54. The van der Waals surface area contributed by atoms with Gasteiger partial charge in [0.05, 0.1) is 11.2 Å². The molecule has 1 heterocycles. The van der Waals surface area contributed by atoms with Crippen molar-refractivity contribution in [2.75, 3.05) is 0 Å². The molecular formula is C27H32O4. The molecule has 0 atom stereocenters. The molecule has 3 rings (SSSR count). The molecule has 0 saturated carbocycles. The maximum atomic E-state index is 11.3. The Balaban J connectivity index is 2.12. The highest BCUT2D eigenvalue weighted by Gasteiger charge is 2.37. The Hall–Kier alpha value is -2.85. The highest BCUT2D eigenvalue weighted by molar-refractivity contribution is 5.92. The van der Waals surface area contributed by atoms with Gasteiger partial charge in [0.2, 0.25) is 0 Å². The Bertz CT molecular complexity index is 988. The number of hydrogen-bond acceptors (Lipinski definition) is 3. The van der Waals surface area contributed by atoms with E-state index in [1.165, 1.54) is 5.57 Å². The summed E-state index contributed by atoms with van der Waals surface area (Å²) in [6, 6.07) is 15.3. The number of phenolic OH excluding ortho intramolecular Hbond substituents is 1. The first-order chi connectivity index (χ1) is 14.5. The van der Waals surface area contributed by atoms with Gasteiger partial charge in [-0.1, -0.05) is 48.9 Å². The van der Waals surface area contributed by atoms with Gasteiger partial charge in [-0.25, -0.2) is 4.79 Å². The summed E-state index contributed by atoms with van der Waals surface area (Å²) in [4.78, 5) is 11.3. The van der Waals surface area contributed by atoms with Crippen LogP contribution < -0.4 is 0 Å². The van der Waals surface area contributed by atoms with E-state index in [2.05, 4.69) is 27.7 Å². The number of aliphatic carboxylic acids is 1. The van der Waals surface area contributed by atoms with Crippen molar-refractivity contribution in [1.29, 1.82) is 0 Å². The van der Waals surface area contributed by atoms with Crippen LogP contribution in [0.4, 0.5) is 0 Å². The number of carboxylic acid groups (broad SMARTS) is 1. The van der Waals surface area contributed by atoms with Crippen LogP contribution in [-0.4, -0.2) is 27.4 Å². The lowest BCUT2D eigenvalue weighted by atomic mass is 9.79. The van der Waals surface area contributed by atoms with Gasteiger partial charge in [-0.05, 0) is 87.4 Å². The summed E-state index contributed by atoms with van der Waals surface area (Å²) >= 11 is 0. The van der Waals surface area contributed by atoms with Gasteiger partial charge in [0, 0.05) is 5.57 Å². The van der Waals surface area contributed by atoms with Crippen LogP contribution in [0.15, 0.2) is 59.7 Å². The fourth-order valence-electron chi connectivity index (χ4n) is 4.55. The molecule has 0 bridgehead atoms. The largest absolute Gasteiger partial charge is 0.508 e. The van der Waals surface area contributed by atoms with Crippen LogP contribution in [0.2, 0.25) is 0 Å². The summed E-state index contributed by atoms with van der Waals surface area (Å²) in [6.07, 6.45) is 3.82. The minimum Gasteiger partial charge on any atom is -0.508 e. The van der Waals surface area contributed by atoms with E-state index in [-0.39, 0.29) is 17.0 Å². The maximum absolute atomic E-state index is 11.3. The molecule has 0 radical (unpaired) electrons. The zero-order valence-corrected chi connectivity index (χ0v) is 19.0. The molecule has 4 heteroatoms. The molecule has 1 aliphatic heterocycles. The smallest absolute Gasteiger partial charge is 0.331 e. The Labute approximate surface area is 184 Å². The number of ether oxygens (including phenoxy) is 1. The summed E-state index contributed by atoms with van der Waals surface area (Å²) in [6.45, 7) is 10.3. The predicted molar refractivity (Wildman–Crippen MR) is 125 cm³/mol. The molecule has 2 aromatic rings. The molecular weight excluding hydrogens is 388 g/mol. The number of carboxylic acids is 1. The van der Waals surface area contributed by atoms with Crippen molar-refractivity contribution in [3.63, 3.8) is 0 Å². The second-order valence-electron chi connectivity index (χ2n) is 9.45. The van der Waals surface area contributed by atoms with Gasteiger partial charge in [-0.3, -0.25) is 0 Å². The summed E-state index contributed by atoms with van der Waals surface area (Å²) in [5.74, 6) is -0.646. The third kappa shape index (κ3) is 5.65. The van der Waals surface area contributed by atoms with Crippen molar-refractivity contribution in [3.8, 4) is 5.75 Å². The topological polar surface area (TPSA) is 66.8 Å². The van der Waals surface area contributed by atoms with E-state index in [4.69, 9.17) is 4.74 Å². The lowest BCUT2D eigenvalue weighted by Crippen LogP contribution is -2.42. The average Bonchev–Trinajstić information content (AvgIpc) is 2.66. The minimum atomic E-state index is -0.884. The Morgan fingerprint density at radius 3 is 1.87 bits per heavy atom. The molecule has 1 aliphatic rings. The molecule has 2 aromatic carbocycles. The van der Waals surface area contributed by atoms with Gasteiger partial charge >= 0.3 is 5.97 Å². The molecule has 1 saturated heterocycles. The maximum Gasteiger partial charge on any atom is 0.331 e. The van der Waals surface area contributed by atoms with Gasteiger partial charge < -0.3 is 14.9 Å². The molecule has 0 spiro atoms. The van der Waals surface area contributed by atoms with Crippen LogP contribution in [0.25, 0.3) is 11.6 Å². The fraction of sp³-hybridized carbons (Fsp3) is 0.370. The summed E-state index contributed by atoms with van der Waals surface area (Å²) < 4.78 is 6.29. The summed E-state index contributed by atoms with van der Waals surface area (Å²) in [5.41, 5.74) is 5.27.